The van der Waals surface area contributed by atoms with Crippen LogP contribution in [0.4, 0.5) is 0 Å². The number of Topliss-reactive ketones (excluding diaryl/α,β-unsaturated/α-hetero) is 1. The summed E-state index contributed by atoms with van der Waals surface area (Å²) < 4.78 is 0. The van der Waals surface area contributed by atoms with Gasteiger partial charge in [0.25, 0.3) is 0 Å². The average Bonchev–Trinajstić information content (AvgIpc) is 1.61. The van der Waals surface area contributed by atoms with Crippen LogP contribution in [-0.2, 0) is 112 Å². The monoisotopic (exact) mass is 1930 g/mol. The molecule has 17 amide bonds. The number of carbonyl (C=O) groups excluding carboxylic acids is 18. The third-order valence-corrected chi connectivity index (χ3v) is 26.2. The molecule has 21 N–H and O–H groups in total. The Morgan fingerprint density at radius 2 is 1.14 bits per heavy atom. The molecule has 750 valence electrons. The number of amides is 17. The molecule has 0 bridgehead atoms. The molecule has 0 radical (unpaired) electrons. The van der Waals surface area contributed by atoms with Gasteiger partial charge in [-0.2, -0.15) is 0 Å². The second-order valence-electron chi connectivity index (χ2n) is 36.2. The van der Waals surface area contributed by atoms with Crippen LogP contribution in [0.3, 0.4) is 0 Å². The van der Waals surface area contributed by atoms with E-state index in [0.717, 1.165) is 26.5 Å². The zero-order chi connectivity index (χ0) is 101. The maximum Gasteiger partial charge on any atom is 0.246 e. The van der Waals surface area contributed by atoms with E-state index in [2.05, 4.69) is 73.1 Å². The van der Waals surface area contributed by atoms with Gasteiger partial charge in [-0.3, -0.25) is 86.3 Å². The fourth-order valence-corrected chi connectivity index (χ4v) is 18.4. The number of aromatic nitrogens is 4. The number of thioether (sulfide) groups is 1. The summed E-state index contributed by atoms with van der Waals surface area (Å²) in [6.07, 6.45) is 4.01. The lowest BCUT2D eigenvalue weighted by Crippen LogP contribution is -2.60. The largest absolute Gasteiger partial charge is 0.508 e. The van der Waals surface area contributed by atoms with Crippen molar-refractivity contribution >= 4 is 140 Å². The van der Waals surface area contributed by atoms with E-state index < -0.39 is 228 Å². The third kappa shape index (κ3) is 30.6. The van der Waals surface area contributed by atoms with Gasteiger partial charge in [0.1, 0.15) is 78.3 Å². The smallest absolute Gasteiger partial charge is 0.246 e. The number of primary amides is 2. The lowest BCUT2D eigenvalue weighted by atomic mass is 9.90. The predicted octanol–water partition coefficient (Wildman–Crippen LogP) is -0.439. The summed E-state index contributed by atoms with van der Waals surface area (Å²) >= 11 is 0.798. The maximum absolute atomic E-state index is 15.9. The number of aliphatic hydroxyl groups excluding tert-OH is 1. The molecule has 6 aromatic rings. The number of likely N-dealkylation sites (N-methyl/N-ethyl adjacent to an activating group) is 3. The number of H-pyrrole nitrogens is 3. The molecule has 3 saturated heterocycles. The molecule has 6 heterocycles. The number of ketones is 1. The molecule has 3 fully saturated rings. The molecular formula is C95H134N22O20S. The highest BCUT2D eigenvalue weighted by Gasteiger charge is 2.47. The standard InChI is InChI=1S/C95H134N22O20S/c1-10-12-26-75-89(131)108-69(37-53(3)4)87(129)112-74(85(127)103-48-81(98)123)50-138-51-82(124)105-71(38-56-29-31-61(119)32-30-56)91(133)113(7)54(5)83(125)110-73(44-80(97)122)94(136)116-36-20-28-76(116)90(132)109-70(42-60-47-99-52-104-60)88(130)107-68(25-18-19-35-100-55(6)118)93(135)117-49-62(120)43-78(117)79(121)41-57(39-58-45-101-65-23-16-14-21-63(58)65)84(126)106-67(33-34-96)86(128)111-72(40-59-46-102-66-24-17-15-22-64(59)66)92(134)115(9)77(27-13-11-2)95(137)114(75)8/h14-17,21-24,29-32,45-47,52-54,57,62,67-78,101-102,119-120H,10-13,18-20,25-28,33-44,48-51,96H2,1-9H3,(H2,97,122)(H2,98,123)(H,99,104)(H,100,118)(H,103,127)(H,105,124)(H,106,126)(H,107,130)(H,108,131)(H,109,132)(H,110,125)(H,111,128)(H,112,129)/t54-,57+,62+,67-,68-,69-,70-,71-,72-,73-,74-,75-,76-,77-,78-/m0/s1. The summed E-state index contributed by atoms with van der Waals surface area (Å²) in [6, 6.07) is 0.554. The Morgan fingerprint density at radius 3 is 1.76 bits per heavy atom. The molecule has 3 aromatic heterocycles. The van der Waals surface area contributed by atoms with Crippen molar-refractivity contribution in [3.8, 4) is 5.75 Å². The lowest BCUT2D eigenvalue weighted by Gasteiger charge is -2.36. The molecule has 0 spiro atoms. The van der Waals surface area contributed by atoms with Gasteiger partial charge in [0.05, 0.1) is 42.9 Å². The molecule has 15 atom stereocenters. The van der Waals surface area contributed by atoms with Gasteiger partial charge in [0.2, 0.25) is 100 Å². The molecular weight excluding hydrogens is 1800 g/mol. The first-order valence-corrected chi connectivity index (χ1v) is 48.2. The molecule has 3 aliphatic heterocycles. The number of unbranched alkanes of at least 4 members (excludes halogenated alkanes) is 3. The number of para-hydroxylation sites is 2. The minimum atomic E-state index is -1.79. The molecule has 9 rings (SSSR count). The van der Waals surface area contributed by atoms with E-state index in [1.807, 2.05) is 26.0 Å². The first-order chi connectivity index (χ1) is 65.8. The van der Waals surface area contributed by atoms with Crippen molar-refractivity contribution in [1.29, 1.82) is 0 Å². The van der Waals surface area contributed by atoms with Crippen LogP contribution in [-0.4, -0.2) is 311 Å². The Bertz CT molecular complexity index is 5280. The Balaban J connectivity index is 1.11. The van der Waals surface area contributed by atoms with Gasteiger partial charge in [-0.25, -0.2) is 4.98 Å². The van der Waals surface area contributed by atoms with E-state index in [9.17, 15) is 53.4 Å². The van der Waals surface area contributed by atoms with Crippen LogP contribution in [0.25, 0.3) is 21.8 Å². The number of nitrogens with two attached hydrogens (primary N) is 3. The number of aliphatic hydroxyl groups is 1. The van der Waals surface area contributed by atoms with Gasteiger partial charge in [0.15, 0.2) is 5.78 Å². The number of nitrogens with one attached hydrogen (secondary N) is 13. The number of carbonyl (C=O) groups is 18. The van der Waals surface area contributed by atoms with E-state index in [0.29, 0.717) is 64.2 Å². The lowest BCUT2D eigenvalue weighted by molar-refractivity contribution is -0.149. The summed E-state index contributed by atoms with van der Waals surface area (Å²) in [5, 5.41) is 50.3. The number of hydrogen-bond acceptors (Lipinski definition) is 23. The topological polar surface area (TPSA) is 623 Å². The average molecular weight is 1940 g/mol. The minimum absolute atomic E-state index is 0.0266. The molecule has 0 saturated carbocycles. The SMILES string of the molecule is CCCC[C@H]1C(=O)N(C)[C@@H](CCCC)C(=O)N[C@@H](CC(C)C)C(=O)N[C@H](C(=O)NCC(N)=O)CSCC(=O)N[C@@H](Cc2ccc(O)cc2)C(=O)N(C)[C@@H](C)C(=O)N[C@@H](CC(N)=O)C(=O)N2CCC[C@H]2C(=O)N[C@@H](Cc2c[nH]cn2)C(=O)N[C@@H](CCCCNC(C)=O)C(=O)N2C[C@H](O)C[C@H]2C(=O)C[C@@H](Cc2c[nH]c3ccccc23)C(=O)N[C@@H](CCN)C(=O)N[C@@H](Cc2c[nH]c3ccccc23)C(=O)N1C. The van der Waals surface area contributed by atoms with Crippen molar-refractivity contribution in [1.82, 2.24) is 97.6 Å². The van der Waals surface area contributed by atoms with E-state index in [1.54, 1.807) is 62.6 Å². The normalized spacial score (nSPS) is 24.6. The predicted molar refractivity (Wildman–Crippen MR) is 511 cm³/mol. The highest BCUT2D eigenvalue weighted by molar-refractivity contribution is 8.00. The first-order valence-electron chi connectivity index (χ1n) is 47.1. The van der Waals surface area contributed by atoms with Crippen LogP contribution >= 0.6 is 11.8 Å². The molecule has 42 nitrogen and oxygen atoms in total. The molecule has 138 heavy (non-hydrogen) atoms. The second kappa shape index (κ2) is 52.3. The molecule has 3 aliphatic rings. The van der Waals surface area contributed by atoms with Gasteiger partial charge in [-0.1, -0.05) is 102 Å². The summed E-state index contributed by atoms with van der Waals surface area (Å²) in [6.45, 7) is 8.54. The zero-order valence-electron chi connectivity index (χ0n) is 79.6. The fraction of sp³-hybridized carbons (Fsp3) is 0.547. The highest BCUT2D eigenvalue weighted by Crippen LogP contribution is 2.30. The highest BCUT2D eigenvalue weighted by atomic mass is 32.2. The van der Waals surface area contributed by atoms with Crippen molar-refractivity contribution in [2.75, 3.05) is 65.4 Å². The number of nitrogens with zero attached hydrogens (tertiary/aromatic N) is 6. The van der Waals surface area contributed by atoms with Crippen LogP contribution in [0.15, 0.2) is 97.7 Å². The number of fused-ring (bicyclic) bond motifs is 4. The number of rotatable bonds is 28. The quantitative estimate of drug-likeness (QED) is 0.0277. The molecule has 3 aromatic carbocycles. The number of aromatic amines is 3. The van der Waals surface area contributed by atoms with Crippen LogP contribution in [0, 0.1) is 11.8 Å². The second-order valence-corrected chi connectivity index (χ2v) is 37.2. The molecule has 0 unspecified atom stereocenters. The number of benzene rings is 3. The van der Waals surface area contributed by atoms with E-state index in [-0.39, 0.29) is 133 Å². The molecule has 43 heteroatoms. The van der Waals surface area contributed by atoms with E-state index in [4.69, 9.17) is 17.2 Å². The van der Waals surface area contributed by atoms with Crippen LogP contribution < -0.4 is 70.4 Å². The Labute approximate surface area is 804 Å². The Kier molecular flexibility index (Phi) is 41.0. The fourth-order valence-electron chi connectivity index (χ4n) is 17.5. The van der Waals surface area contributed by atoms with Gasteiger partial charge in [0, 0.05) is 132 Å². The summed E-state index contributed by atoms with van der Waals surface area (Å²) in [5.74, 6) is -18.1. The van der Waals surface area contributed by atoms with E-state index in [1.165, 1.54) is 81.6 Å². The van der Waals surface area contributed by atoms with Gasteiger partial charge in [-0.15, -0.1) is 11.8 Å². The number of phenols is 1. The van der Waals surface area contributed by atoms with Crippen LogP contribution in [0.2, 0.25) is 0 Å². The van der Waals surface area contributed by atoms with Gasteiger partial charge >= 0.3 is 0 Å². The van der Waals surface area contributed by atoms with Crippen molar-refractivity contribution in [2.24, 2.45) is 29.0 Å². The first kappa shape index (κ1) is 108. The van der Waals surface area contributed by atoms with E-state index >= 15 is 43.2 Å². The number of hydrogen-bond donors (Lipinski definition) is 18. The number of imidazole rings is 1. The zero-order valence-corrected chi connectivity index (χ0v) is 80.5. The van der Waals surface area contributed by atoms with Gasteiger partial charge in [-0.05, 0) is 125 Å². The van der Waals surface area contributed by atoms with Gasteiger partial charge < -0.3 is 120 Å². The van der Waals surface area contributed by atoms with Crippen molar-refractivity contribution < 1.29 is 96.5 Å². The van der Waals surface area contributed by atoms with Crippen molar-refractivity contribution in [3.05, 3.63) is 120 Å². The summed E-state index contributed by atoms with van der Waals surface area (Å²) in [4.78, 5) is 283. The Morgan fingerprint density at radius 1 is 0.558 bits per heavy atom. The van der Waals surface area contributed by atoms with Crippen molar-refractivity contribution in [3.63, 3.8) is 0 Å². The third-order valence-electron chi connectivity index (χ3n) is 25.2. The Hall–Kier alpha value is -13.3. The van der Waals surface area contributed by atoms with Crippen LogP contribution in [0.1, 0.15) is 167 Å². The van der Waals surface area contributed by atoms with Crippen LogP contribution in [0.5, 0.6) is 5.75 Å². The maximum atomic E-state index is 15.9. The minimum Gasteiger partial charge on any atom is -0.508 e. The summed E-state index contributed by atoms with van der Waals surface area (Å²) in [7, 11) is 4.02. The summed E-state index contributed by atoms with van der Waals surface area (Å²) in [5.41, 5.74) is 20.6. The number of aromatic hydroxyl groups is 1. The number of phenolic OH excluding ortho intramolecular Hbond substituents is 1. The molecule has 0 aliphatic carbocycles. The van der Waals surface area contributed by atoms with Crippen molar-refractivity contribution in [2.45, 2.75) is 255 Å².